The van der Waals surface area contributed by atoms with Crippen molar-refractivity contribution in [2.45, 2.75) is 13.8 Å². The number of thiazole rings is 1. The van der Waals surface area contributed by atoms with E-state index in [1.807, 2.05) is 38.1 Å². The Hall–Kier alpha value is -2.21. The molecule has 0 radical (unpaired) electrons. The number of rotatable bonds is 2. The lowest BCUT2D eigenvalue weighted by molar-refractivity contribution is 0.433. The van der Waals surface area contributed by atoms with E-state index in [0.717, 1.165) is 21.7 Å². The standard InChI is InChI=1S/C13H12N4OS/c1-7-4-3-5-9(6-7)11-16-12(18-17-11)10-8(2)15-13(14)19-10/h3-6H,1-2H3,(H2,14,15). The van der Waals surface area contributed by atoms with Gasteiger partial charge in [-0.15, -0.1) is 0 Å². The van der Waals surface area contributed by atoms with Gasteiger partial charge < -0.3 is 10.3 Å². The van der Waals surface area contributed by atoms with Gasteiger partial charge in [-0.05, 0) is 19.9 Å². The van der Waals surface area contributed by atoms with Crippen molar-refractivity contribution in [3.05, 3.63) is 35.5 Å². The second-order valence-corrected chi connectivity index (χ2v) is 5.29. The van der Waals surface area contributed by atoms with Gasteiger partial charge in [-0.3, -0.25) is 0 Å². The van der Waals surface area contributed by atoms with Gasteiger partial charge in [0.05, 0.1) is 5.69 Å². The quantitative estimate of drug-likeness (QED) is 0.775. The van der Waals surface area contributed by atoms with Crippen molar-refractivity contribution in [3.8, 4) is 22.2 Å². The Balaban J connectivity index is 2.02. The molecule has 0 atom stereocenters. The van der Waals surface area contributed by atoms with Gasteiger partial charge in [0, 0.05) is 5.56 Å². The lowest BCUT2D eigenvalue weighted by Crippen LogP contribution is -1.82. The largest absolute Gasteiger partial charge is 0.375 e. The molecule has 96 valence electrons. The van der Waals surface area contributed by atoms with Crippen LogP contribution in [0.15, 0.2) is 28.8 Å². The maximum Gasteiger partial charge on any atom is 0.270 e. The van der Waals surface area contributed by atoms with Crippen LogP contribution in [0, 0.1) is 13.8 Å². The topological polar surface area (TPSA) is 77.8 Å². The van der Waals surface area contributed by atoms with E-state index < -0.39 is 0 Å². The van der Waals surface area contributed by atoms with Gasteiger partial charge in [0.25, 0.3) is 5.89 Å². The molecule has 0 unspecified atom stereocenters. The van der Waals surface area contributed by atoms with Gasteiger partial charge in [-0.2, -0.15) is 4.98 Å². The summed E-state index contributed by atoms with van der Waals surface area (Å²) in [6.45, 7) is 3.90. The Morgan fingerprint density at radius 3 is 2.74 bits per heavy atom. The summed E-state index contributed by atoms with van der Waals surface area (Å²) in [6, 6.07) is 7.97. The maximum atomic E-state index is 5.67. The number of hydrogen-bond donors (Lipinski definition) is 1. The first-order valence-corrected chi connectivity index (χ1v) is 6.59. The summed E-state index contributed by atoms with van der Waals surface area (Å²) >= 11 is 1.35. The predicted molar refractivity (Wildman–Crippen MR) is 74.7 cm³/mol. The molecule has 2 heterocycles. The van der Waals surface area contributed by atoms with Crippen LogP contribution in [-0.2, 0) is 0 Å². The molecule has 2 aromatic heterocycles. The van der Waals surface area contributed by atoms with Crippen LogP contribution in [0.25, 0.3) is 22.2 Å². The van der Waals surface area contributed by atoms with Crippen molar-refractivity contribution in [1.29, 1.82) is 0 Å². The van der Waals surface area contributed by atoms with E-state index in [9.17, 15) is 0 Å². The third kappa shape index (κ3) is 2.22. The number of benzene rings is 1. The number of nitrogens with two attached hydrogens (primary N) is 1. The minimum Gasteiger partial charge on any atom is -0.375 e. The summed E-state index contributed by atoms with van der Waals surface area (Å²) in [5.74, 6) is 1.04. The summed E-state index contributed by atoms with van der Waals surface area (Å²) in [5.41, 5.74) is 8.57. The van der Waals surface area contributed by atoms with Gasteiger partial charge >= 0.3 is 0 Å². The average Bonchev–Trinajstić information content (AvgIpc) is 2.96. The van der Waals surface area contributed by atoms with Crippen LogP contribution in [0.5, 0.6) is 0 Å². The molecule has 1 aromatic carbocycles. The third-order valence-electron chi connectivity index (χ3n) is 2.71. The van der Waals surface area contributed by atoms with Crippen LogP contribution in [0.2, 0.25) is 0 Å². The highest BCUT2D eigenvalue weighted by molar-refractivity contribution is 7.18. The van der Waals surface area contributed by atoms with Gasteiger partial charge in [0.2, 0.25) is 5.82 Å². The molecule has 0 bridgehead atoms. The van der Waals surface area contributed by atoms with Crippen molar-refractivity contribution in [3.63, 3.8) is 0 Å². The molecular formula is C13H12N4OS. The van der Waals surface area contributed by atoms with Gasteiger partial charge in [-0.1, -0.05) is 40.3 Å². The minimum absolute atomic E-state index is 0.461. The van der Waals surface area contributed by atoms with E-state index in [4.69, 9.17) is 10.3 Å². The van der Waals surface area contributed by atoms with Crippen molar-refractivity contribution in [2.75, 3.05) is 5.73 Å². The molecule has 0 saturated heterocycles. The SMILES string of the molecule is Cc1cccc(-c2noc(-c3sc(N)nc3C)n2)c1. The van der Waals surface area contributed by atoms with E-state index in [-0.39, 0.29) is 0 Å². The van der Waals surface area contributed by atoms with E-state index in [1.165, 1.54) is 11.3 Å². The molecule has 3 rings (SSSR count). The van der Waals surface area contributed by atoms with E-state index >= 15 is 0 Å². The zero-order valence-electron chi connectivity index (χ0n) is 10.5. The van der Waals surface area contributed by atoms with E-state index in [1.54, 1.807) is 0 Å². The van der Waals surface area contributed by atoms with Crippen LogP contribution in [0.1, 0.15) is 11.3 Å². The molecule has 3 aromatic rings. The molecule has 0 spiro atoms. The van der Waals surface area contributed by atoms with E-state index in [0.29, 0.717) is 16.8 Å². The first-order chi connectivity index (χ1) is 9.13. The highest BCUT2D eigenvalue weighted by atomic mass is 32.1. The second-order valence-electron chi connectivity index (χ2n) is 4.26. The van der Waals surface area contributed by atoms with Crippen molar-refractivity contribution in [2.24, 2.45) is 0 Å². The monoisotopic (exact) mass is 272 g/mol. The second kappa shape index (κ2) is 4.47. The zero-order valence-corrected chi connectivity index (χ0v) is 11.4. The molecule has 19 heavy (non-hydrogen) atoms. The number of aromatic nitrogens is 3. The van der Waals surface area contributed by atoms with Gasteiger partial charge in [0.1, 0.15) is 4.88 Å². The van der Waals surface area contributed by atoms with Crippen molar-refractivity contribution in [1.82, 2.24) is 15.1 Å². The smallest absolute Gasteiger partial charge is 0.270 e. The Morgan fingerprint density at radius 1 is 1.21 bits per heavy atom. The average molecular weight is 272 g/mol. The molecule has 0 amide bonds. The first-order valence-electron chi connectivity index (χ1n) is 5.77. The Morgan fingerprint density at radius 2 is 2.05 bits per heavy atom. The highest BCUT2D eigenvalue weighted by Crippen LogP contribution is 2.31. The summed E-state index contributed by atoms with van der Waals surface area (Å²) in [6.07, 6.45) is 0. The fraction of sp³-hybridized carbons (Fsp3) is 0.154. The van der Waals surface area contributed by atoms with Crippen LogP contribution < -0.4 is 5.73 Å². The van der Waals surface area contributed by atoms with Crippen molar-refractivity contribution >= 4 is 16.5 Å². The Kier molecular flexibility index (Phi) is 2.79. The fourth-order valence-electron chi connectivity index (χ4n) is 1.83. The maximum absolute atomic E-state index is 5.67. The summed E-state index contributed by atoms with van der Waals surface area (Å²) in [7, 11) is 0. The molecule has 0 fully saturated rings. The number of anilines is 1. The lowest BCUT2D eigenvalue weighted by atomic mass is 10.1. The van der Waals surface area contributed by atoms with Crippen LogP contribution in [0.3, 0.4) is 0 Å². The molecule has 5 nitrogen and oxygen atoms in total. The first kappa shape index (κ1) is 11.9. The number of hydrogen-bond acceptors (Lipinski definition) is 6. The van der Waals surface area contributed by atoms with Crippen LogP contribution in [0.4, 0.5) is 5.13 Å². The summed E-state index contributed by atoms with van der Waals surface area (Å²) < 4.78 is 5.29. The van der Waals surface area contributed by atoms with Crippen LogP contribution in [-0.4, -0.2) is 15.1 Å². The van der Waals surface area contributed by atoms with E-state index in [2.05, 4.69) is 15.1 Å². The number of aryl methyl sites for hydroxylation is 2. The van der Waals surface area contributed by atoms with Gasteiger partial charge in [-0.25, -0.2) is 4.98 Å². The van der Waals surface area contributed by atoms with Gasteiger partial charge in [0.15, 0.2) is 5.13 Å². The molecule has 0 aliphatic heterocycles. The van der Waals surface area contributed by atoms with Crippen LogP contribution >= 0.6 is 11.3 Å². The molecule has 6 heteroatoms. The zero-order chi connectivity index (χ0) is 13.4. The number of nitrogen functional groups attached to an aromatic ring is 1. The molecule has 2 N–H and O–H groups in total. The molecule has 0 aliphatic rings. The Bertz CT molecular complexity index is 732. The molecular weight excluding hydrogens is 260 g/mol. The summed E-state index contributed by atoms with van der Waals surface area (Å²) in [5, 5.41) is 4.51. The molecule has 0 saturated carbocycles. The predicted octanol–water partition coefficient (Wildman–Crippen LogP) is 3.06. The summed E-state index contributed by atoms with van der Waals surface area (Å²) in [4.78, 5) is 9.38. The lowest BCUT2D eigenvalue weighted by Gasteiger charge is -1.95. The third-order valence-corrected chi connectivity index (χ3v) is 3.68. The molecule has 0 aliphatic carbocycles. The minimum atomic E-state index is 0.461. The fourth-order valence-corrected chi connectivity index (χ4v) is 2.59. The Labute approximate surface area is 114 Å². The van der Waals surface area contributed by atoms with Crippen molar-refractivity contribution < 1.29 is 4.52 Å². The normalized spacial score (nSPS) is 10.8. The number of nitrogens with zero attached hydrogens (tertiary/aromatic N) is 3. The highest BCUT2D eigenvalue weighted by Gasteiger charge is 2.16.